The predicted octanol–water partition coefficient (Wildman–Crippen LogP) is 1.57. The van der Waals surface area contributed by atoms with Gasteiger partial charge in [-0.25, -0.2) is 4.39 Å². The smallest absolute Gasteiger partial charge is 0.189 e. The number of rotatable bonds is 2. The Labute approximate surface area is 116 Å². The van der Waals surface area contributed by atoms with Gasteiger partial charge < -0.3 is 14.8 Å². The molecule has 1 aliphatic rings. The topological polar surface area (TPSA) is 37.3 Å². The maximum Gasteiger partial charge on any atom is 0.189 e. The molecule has 1 aliphatic heterocycles. The van der Waals surface area contributed by atoms with Crippen molar-refractivity contribution < 1.29 is 4.39 Å². The van der Waals surface area contributed by atoms with Gasteiger partial charge in [0, 0.05) is 50.4 Å². The molecule has 2 aromatic rings. The Kier molecular flexibility index (Phi) is 3.44. The summed E-state index contributed by atoms with van der Waals surface area (Å²) in [5, 5.41) is 3.70. The van der Waals surface area contributed by atoms with Crippen LogP contribution in [0.15, 0.2) is 29.2 Å². The number of aromatic nitrogens is 1. The molecular weight excluding hydrogens is 257 g/mol. The van der Waals surface area contributed by atoms with E-state index in [1.807, 2.05) is 16.4 Å². The molecule has 0 amide bonds. The summed E-state index contributed by atoms with van der Waals surface area (Å²) in [6.45, 7) is 6.04. The molecule has 106 valence electrons. The van der Waals surface area contributed by atoms with Crippen LogP contribution in [0, 0.1) is 5.82 Å². The lowest BCUT2D eigenvalue weighted by atomic mass is 10.1. The van der Waals surface area contributed by atoms with E-state index in [1.165, 1.54) is 12.1 Å². The van der Waals surface area contributed by atoms with Gasteiger partial charge in [-0.2, -0.15) is 0 Å². The third-order valence-corrected chi connectivity index (χ3v) is 3.84. The van der Waals surface area contributed by atoms with E-state index in [0.29, 0.717) is 11.1 Å². The molecule has 1 aromatic carbocycles. The minimum Gasteiger partial charge on any atom is -0.367 e. The highest BCUT2D eigenvalue weighted by Gasteiger charge is 2.16. The highest BCUT2D eigenvalue weighted by molar-refractivity contribution is 5.83. The third kappa shape index (κ3) is 2.18. The second-order valence-electron chi connectivity index (χ2n) is 5.02. The van der Waals surface area contributed by atoms with Crippen LogP contribution < -0.4 is 15.6 Å². The van der Waals surface area contributed by atoms with Gasteiger partial charge >= 0.3 is 0 Å². The largest absolute Gasteiger partial charge is 0.367 e. The summed E-state index contributed by atoms with van der Waals surface area (Å²) in [5.41, 5.74) is 1.26. The number of hydrogen-bond acceptors (Lipinski definition) is 3. The van der Waals surface area contributed by atoms with Gasteiger partial charge in [0.05, 0.1) is 11.2 Å². The van der Waals surface area contributed by atoms with E-state index in [2.05, 4.69) is 5.32 Å². The molecule has 0 radical (unpaired) electrons. The van der Waals surface area contributed by atoms with E-state index in [0.717, 1.165) is 38.2 Å². The SMILES string of the molecule is CCn1ccc(=O)c2cc(F)c(N3CCNCC3)cc21. The molecular formula is C15H18FN3O. The maximum absolute atomic E-state index is 14.3. The zero-order chi connectivity index (χ0) is 14.1. The number of fused-ring (bicyclic) bond motifs is 1. The van der Waals surface area contributed by atoms with E-state index < -0.39 is 0 Å². The maximum atomic E-state index is 14.3. The van der Waals surface area contributed by atoms with Crippen molar-refractivity contribution in [3.8, 4) is 0 Å². The molecule has 2 heterocycles. The molecule has 0 aliphatic carbocycles. The third-order valence-electron chi connectivity index (χ3n) is 3.84. The first kappa shape index (κ1) is 13.1. The number of hydrogen-bond donors (Lipinski definition) is 1. The summed E-state index contributed by atoms with van der Waals surface area (Å²) in [6, 6.07) is 4.68. The first-order chi connectivity index (χ1) is 9.70. The minimum absolute atomic E-state index is 0.129. The van der Waals surface area contributed by atoms with Crippen LogP contribution in [-0.4, -0.2) is 30.7 Å². The zero-order valence-electron chi connectivity index (χ0n) is 11.5. The normalized spacial score (nSPS) is 15.8. The quantitative estimate of drug-likeness (QED) is 0.904. The summed E-state index contributed by atoms with van der Waals surface area (Å²) in [7, 11) is 0. The van der Waals surface area contributed by atoms with E-state index >= 15 is 0 Å². The van der Waals surface area contributed by atoms with Gasteiger partial charge in [0.25, 0.3) is 0 Å². The van der Waals surface area contributed by atoms with Crippen LogP contribution in [0.2, 0.25) is 0 Å². The Morgan fingerprint density at radius 2 is 2.05 bits per heavy atom. The molecule has 0 saturated carbocycles. The van der Waals surface area contributed by atoms with Crippen molar-refractivity contribution in [2.24, 2.45) is 0 Å². The number of anilines is 1. The Morgan fingerprint density at radius 3 is 2.75 bits per heavy atom. The average Bonchev–Trinajstić information content (AvgIpc) is 2.49. The lowest BCUT2D eigenvalue weighted by Crippen LogP contribution is -2.43. The number of halogens is 1. The molecule has 20 heavy (non-hydrogen) atoms. The first-order valence-electron chi connectivity index (χ1n) is 6.99. The fourth-order valence-electron chi connectivity index (χ4n) is 2.74. The van der Waals surface area contributed by atoms with Crippen LogP contribution in [0.5, 0.6) is 0 Å². The van der Waals surface area contributed by atoms with E-state index in [4.69, 9.17) is 0 Å². The first-order valence-corrected chi connectivity index (χ1v) is 6.99. The fraction of sp³-hybridized carbons (Fsp3) is 0.400. The van der Waals surface area contributed by atoms with Gasteiger partial charge in [0.1, 0.15) is 5.82 Å². The summed E-state index contributed by atoms with van der Waals surface area (Å²) < 4.78 is 16.3. The molecule has 1 aromatic heterocycles. The second kappa shape index (κ2) is 5.25. The molecule has 0 spiro atoms. The Balaban J connectivity index is 2.18. The summed E-state index contributed by atoms with van der Waals surface area (Å²) in [4.78, 5) is 13.9. The molecule has 0 atom stereocenters. The van der Waals surface area contributed by atoms with Gasteiger partial charge in [-0.1, -0.05) is 0 Å². The van der Waals surface area contributed by atoms with Crippen LogP contribution in [-0.2, 0) is 6.54 Å². The van der Waals surface area contributed by atoms with Crippen LogP contribution in [0.25, 0.3) is 10.9 Å². The number of nitrogens with one attached hydrogen (secondary N) is 1. The fourth-order valence-corrected chi connectivity index (χ4v) is 2.74. The van der Waals surface area contributed by atoms with Crippen molar-refractivity contribution in [3.05, 3.63) is 40.4 Å². The number of nitrogens with zero attached hydrogens (tertiary/aromatic N) is 2. The van der Waals surface area contributed by atoms with Gasteiger partial charge in [0.2, 0.25) is 0 Å². The van der Waals surface area contributed by atoms with Crippen molar-refractivity contribution in [2.75, 3.05) is 31.1 Å². The predicted molar refractivity (Wildman–Crippen MR) is 78.9 cm³/mol. The van der Waals surface area contributed by atoms with E-state index in [9.17, 15) is 9.18 Å². The monoisotopic (exact) mass is 275 g/mol. The molecule has 4 nitrogen and oxygen atoms in total. The molecule has 3 rings (SSSR count). The summed E-state index contributed by atoms with van der Waals surface area (Å²) >= 11 is 0. The molecule has 1 N–H and O–H groups in total. The standard InChI is InChI=1S/C15H18FN3O/c1-2-18-6-3-15(20)11-9-12(16)14(10-13(11)18)19-7-4-17-5-8-19/h3,6,9-10,17H,2,4-5,7-8H2,1H3. The number of piperazine rings is 1. The van der Waals surface area contributed by atoms with Gasteiger partial charge in [0.15, 0.2) is 5.43 Å². The van der Waals surface area contributed by atoms with Gasteiger partial charge in [-0.3, -0.25) is 4.79 Å². The molecule has 5 heteroatoms. The van der Waals surface area contributed by atoms with Crippen molar-refractivity contribution >= 4 is 16.6 Å². The summed E-state index contributed by atoms with van der Waals surface area (Å²) in [5.74, 6) is -0.314. The lowest BCUT2D eigenvalue weighted by Gasteiger charge is -2.30. The Morgan fingerprint density at radius 1 is 1.30 bits per heavy atom. The van der Waals surface area contributed by atoms with Crippen LogP contribution in [0.3, 0.4) is 0 Å². The highest BCUT2D eigenvalue weighted by Crippen LogP contribution is 2.25. The number of benzene rings is 1. The molecule has 1 fully saturated rings. The van der Waals surface area contributed by atoms with Crippen molar-refractivity contribution in [3.63, 3.8) is 0 Å². The minimum atomic E-state index is -0.314. The van der Waals surface area contributed by atoms with Crippen molar-refractivity contribution in [1.82, 2.24) is 9.88 Å². The highest BCUT2D eigenvalue weighted by atomic mass is 19.1. The van der Waals surface area contributed by atoms with Crippen molar-refractivity contribution in [1.29, 1.82) is 0 Å². The van der Waals surface area contributed by atoms with Crippen molar-refractivity contribution in [2.45, 2.75) is 13.5 Å². The van der Waals surface area contributed by atoms with Crippen LogP contribution in [0.1, 0.15) is 6.92 Å². The van der Waals surface area contributed by atoms with Gasteiger partial charge in [-0.15, -0.1) is 0 Å². The average molecular weight is 275 g/mol. The van der Waals surface area contributed by atoms with E-state index in [-0.39, 0.29) is 11.2 Å². The van der Waals surface area contributed by atoms with Crippen LogP contribution in [0.4, 0.5) is 10.1 Å². The van der Waals surface area contributed by atoms with E-state index in [1.54, 1.807) is 12.3 Å². The Bertz CT molecular complexity index is 689. The molecule has 0 bridgehead atoms. The zero-order valence-corrected chi connectivity index (χ0v) is 11.5. The lowest BCUT2D eigenvalue weighted by molar-refractivity contribution is 0.567. The summed E-state index contributed by atoms with van der Waals surface area (Å²) in [6.07, 6.45) is 1.77. The van der Waals surface area contributed by atoms with Gasteiger partial charge in [-0.05, 0) is 19.1 Å². The van der Waals surface area contributed by atoms with Crippen LogP contribution >= 0.6 is 0 Å². The number of aryl methyl sites for hydroxylation is 1. The molecule has 0 unspecified atom stereocenters. The Hall–Kier alpha value is -1.88. The molecule has 1 saturated heterocycles. The number of pyridine rings is 1. The second-order valence-corrected chi connectivity index (χ2v) is 5.02.